The third-order valence-electron chi connectivity index (χ3n) is 3.86. The monoisotopic (exact) mass is 284 g/mol. The average Bonchev–Trinajstić information content (AvgIpc) is 2.91. The number of halogens is 1. The van der Waals surface area contributed by atoms with E-state index in [9.17, 15) is 9.18 Å². The highest BCUT2D eigenvalue weighted by atomic mass is 19.1. The fourth-order valence-corrected chi connectivity index (χ4v) is 2.67. The van der Waals surface area contributed by atoms with Gasteiger partial charge in [-0.3, -0.25) is 4.79 Å². The molecule has 0 aliphatic carbocycles. The number of hydrogen-bond acceptors (Lipinski definition) is 2. The van der Waals surface area contributed by atoms with Crippen molar-refractivity contribution in [1.82, 2.24) is 0 Å². The predicted molar refractivity (Wildman–Crippen MR) is 80.5 cm³/mol. The van der Waals surface area contributed by atoms with Crippen LogP contribution in [0.2, 0.25) is 0 Å². The Balaban J connectivity index is 1.76. The summed E-state index contributed by atoms with van der Waals surface area (Å²) in [5.74, 6) is -0.305. The van der Waals surface area contributed by atoms with Gasteiger partial charge in [0.2, 0.25) is 5.91 Å². The largest absolute Gasteiger partial charge is 0.326 e. The summed E-state index contributed by atoms with van der Waals surface area (Å²) in [7, 11) is 0. The summed E-state index contributed by atoms with van der Waals surface area (Å²) >= 11 is 0. The zero-order chi connectivity index (χ0) is 14.8. The van der Waals surface area contributed by atoms with E-state index in [0.717, 1.165) is 23.1 Å². The molecule has 1 heterocycles. The van der Waals surface area contributed by atoms with Crippen LogP contribution in [0.5, 0.6) is 0 Å². The quantitative estimate of drug-likeness (QED) is 0.941. The molecule has 0 saturated carbocycles. The fourth-order valence-electron chi connectivity index (χ4n) is 2.67. The molecule has 0 saturated heterocycles. The highest BCUT2D eigenvalue weighted by Gasteiger charge is 2.24. The molecule has 0 bridgehead atoms. The van der Waals surface area contributed by atoms with Crippen LogP contribution in [0.3, 0.4) is 0 Å². The van der Waals surface area contributed by atoms with Crippen LogP contribution in [0.4, 0.5) is 10.1 Å². The van der Waals surface area contributed by atoms with Crippen molar-refractivity contribution in [3.63, 3.8) is 0 Å². The Morgan fingerprint density at radius 1 is 1.14 bits per heavy atom. The predicted octanol–water partition coefficient (Wildman–Crippen LogP) is 2.42. The van der Waals surface area contributed by atoms with Crippen molar-refractivity contribution in [2.24, 2.45) is 5.73 Å². The molecule has 108 valence electrons. The topological polar surface area (TPSA) is 46.3 Å². The van der Waals surface area contributed by atoms with E-state index in [1.54, 1.807) is 11.0 Å². The van der Waals surface area contributed by atoms with Crippen molar-refractivity contribution in [1.29, 1.82) is 0 Å². The number of carbonyl (C=O) groups is 1. The average molecular weight is 284 g/mol. The zero-order valence-corrected chi connectivity index (χ0v) is 11.7. The summed E-state index contributed by atoms with van der Waals surface area (Å²) in [6.45, 7) is 1.12. The molecule has 0 unspecified atom stereocenters. The van der Waals surface area contributed by atoms with Gasteiger partial charge in [-0.05, 0) is 35.2 Å². The van der Waals surface area contributed by atoms with Crippen LogP contribution in [-0.2, 0) is 24.2 Å². The third kappa shape index (κ3) is 2.81. The lowest BCUT2D eigenvalue weighted by Gasteiger charge is -2.17. The maximum Gasteiger partial charge on any atom is 0.231 e. The van der Waals surface area contributed by atoms with Gasteiger partial charge in [-0.1, -0.05) is 30.3 Å². The van der Waals surface area contributed by atoms with Crippen molar-refractivity contribution in [2.75, 3.05) is 11.4 Å². The number of benzene rings is 2. The van der Waals surface area contributed by atoms with E-state index in [0.29, 0.717) is 25.2 Å². The first-order valence-corrected chi connectivity index (χ1v) is 7.04. The fraction of sp³-hybridized carbons (Fsp3) is 0.235. The van der Waals surface area contributed by atoms with Crippen LogP contribution >= 0.6 is 0 Å². The van der Waals surface area contributed by atoms with E-state index in [1.165, 1.54) is 12.1 Å². The summed E-state index contributed by atoms with van der Waals surface area (Å²) < 4.78 is 13.4. The van der Waals surface area contributed by atoms with Gasteiger partial charge in [-0.15, -0.1) is 0 Å². The molecule has 1 amide bonds. The number of amides is 1. The van der Waals surface area contributed by atoms with Crippen molar-refractivity contribution in [3.05, 3.63) is 65.0 Å². The van der Waals surface area contributed by atoms with E-state index in [-0.39, 0.29) is 11.7 Å². The van der Waals surface area contributed by atoms with Crippen molar-refractivity contribution < 1.29 is 9.18 Å². The maximum atomic E-state index is 13.4. The zero-order valence-electron chi connectivity index (χ0n) is 11.7. The second-order valence-corrected chi connectivity index (χ2v) is 5.27. The van der Waals surface area contributed by atoms with Gasteiger partial charge in [0.25, 0.3) is 0 Å². The van der Waals surface area contributed by atoms with Crippen molar-refractivity contribution >= 4 is 11.6 Å². The van der Waals surface area contributed by atoms with Gasteiger partial charge in [-0.2, -0.15) is 0 Å². The molecule has 0 spiro atoms. The molecule has 1 aliphatic rings. The van der Waals surface area contributed by atoms with Crippen molar-refractivity contribution in [2.45, 2.75) is 19.4 Å². The van der Waals surface area contributed by atoms with Crippen LogP contribution in [0.15, 0.2) is 42.5 Å². The second-order valence-electron chi connectivity index (χ2n) is 5.27. The van der Waals surface area contributed by atoms with Gasteiger partial charge in [-0.25, -0.2) is 4.39 Å². The Kier molecular flexibility index (Phi) is 3.71. The molecule has 3 nitrogen and oxygen atoms in total. The maximum absolute atomic E-state index is 13.4. The minimum Gasteiger partial charge on any atom is -0.326 e. The first kappa shape index (κ1) is 13.8. The lowest BCUT2D eigenvalue weighted by Crippen LogP contribution is -2.30. The van der Waals surface area contributed by atoms with Gasteiger partial charge in [0.05, 0.1) is 6.42 Å². The molecule has 0 atom stereocenters. The first-order chi connectivity index (χ1) is 10.2. The Morgan fingerprint density at radius 3 is 2.57 bits per heavy atom. The lowest BCUT2D eigenvalue weighted by molar-refractivity contribution is -0.117. The highest BCUT2D eigenvalue weighted by Crippen LogP contribution is 2.29. The molecular formula is C17H17FN2O. The van der Waals surface area contributed by atoms with Crippen LogP contribution in [0, 0.1) is 5.82 Å². The minimum atomic E-state index is -0.305. The summed E-state index contributed by atoms with van der Waals surface area (Å²) in [6, 6.07) is 12.3. The number of fused-ring (bicyclic) bond motifs is 1. The molecule has 21 heavy (non-hydrogen) atoms. The summed E-state index contributed by atoms with van der Waals surface area (Å²) in [5.41, 5.74) is 9.28. The smallest absolute Gasteiger partial charge is 0.231 e. The van der Waals surface area contributed by atoms with Gasteiger partial charge < -0.3 is 10.6 Å². The van der Waals surface area contributed by atoms with Crippen LogP contribution in [0.1, 0.15) is 16.7 Å². The van der Waals surface area contributed by atoms with Crippen LogP contribution in [-0.4, -0.2) is 12.5 Å². The molecule has 0 radical (unpaired) electrons. The molecule has 0 fully saturated rings. The van der Waals surface area contributed by atoms with Crippen molar-refractivity contribution in [3.8, 4) is 0 Å². The second kappa shape index (κ2) is 5.66. The molecule has 1 aliphatic heterocycles. The van der Waals surface area contributed by atoms with Gasteiger partial charge in [0.15, 0.2) is 0 Å². The Labute approximate surface area is 123 Å². The van der Waals surface area contributed by atoms with Gasteiger partial charge >= 0.3 is 0 Å². The van der Waals surface area contributed by atoms with E-state index >= 15 is 0 Å². The number of rotatable bonds is 3. The van der Waals surface area contributed by atoms with Crippen LogP contribution < -0.4 is 10.6 Å². The van der Waals surface area contributed by atoms with Gasteiger partial charge in [0, 0.05) is 18.8 Å². The number of nitrogens with zero attached hydrogens (tertiary/aromatic N) is 1. The molecule has 3 rings (SSSR count). The van der Waals surface area contributed by atoms with E-state index < -0.39 is 0 Å². The third-order valence-corrected chi connectivity index (χ3v) is 3.86. The summed E-state index contributed by atoms with van der Waals surface area (Å²) in [4.78, 5) is 14.1. The minimum absolute atomic E-state index is 0.000140. The lowest BCUT2D eigenvalue weighted by atomic mass is 10.1. The van der Waals surface area contributed by atoms with Crippen LogP contribution in [0.25, 0.3) is 0 Å². The van der Waals surface area contributed by atoms with Gasteiger partial charge in [0.1, 0.15) is 5.82 Å². The molecule has 2 N–H and O–H groups in total. The number of hydrogen-bond donors (Lipinski definition) is 1. The summed E-state index contributed by atoms with van der Waals surface area (Å²) in [6.07, 6.45) is 1.11. The number of anilines is 1. The Morgan fingerprint density at radius 2 is 1.86 bits per heavy atom. The molecule has 0 aromatic heterocycles. The molecular weight excluding hydrogens is 267 g/mol. The molecule has 2 aromatic rings. The first-order valence-electron chi connectivity index (χ1n) is 7.04. The van der Waals surface area contributed by atoms with E-state index in [1.807, 2.05) is 24.3 Å². The standard InChI is InChI=1S/C17H17FN2O/c18-15-6-5-14-7-8-20(16(14)10-15)17(21)9-12-1-3-13(11-19)4-2-12/h1-6,10H,7-9,11,19H2. The molecule has 4 heteroatoms. The summed E-state index contributed by atoms with van der Waals surface area (Å²) in [5, 5.41) is 0. The highest BCUT2D eigenvalue weighted by molar-refractivity contribution is 5.96. The Bertz CT molecular complexity index is 667. The normalized spacial score (nSPS) is 13.3. The number of nitrogens with two attached hydrogens (primary N) is 1. The Hall–Kier alpha value is -2.20. The number of carbonyl (C=O) groups excluding carboxylic acids is 1. The van der Waals surface area contributed by atoms with E-state index in [2.05, 4.69) is 0 Å². The van der Waals surface area contributed by atoms with E-state index in [4.69, 9.17) is 5.73 Å². The molecule has 2 aromatic carbocycles. The SMILES string of the molecule is NCc1ccc(CC(=O)N2CCc3ccc(F)cc32)cc1.